The first kappa shape index (κ1) is 16.3. The van der Waals surface area contributed by atoms with E-state index in [0.717, 1.165) is 44.9 Å². The van der Waals surface area contributed by atoms with Gasteiger partial charge in [-0.1, -0.05) is 24.3 Å². The average molecular weight is 315 g/mol. The molecule has 1 aromatic carbocycles. The van der Waals surface area contributed by atoms with Crippen LogP contribution in [0, 0.1) is 5.92 Å². The number of carbonyl (C=O) groups excluding carboxylic acids is 1. The van der Waals surface area contributed by atoms with Crippen LogP contribution < -0.4 is 5.32 Å². The van der Waals surface area contributed by atoms with Gasteiger partial charge >= 0.3 is 6.03 Å². The summed E-state index contributed by atoms with van der Waals surface area (Å²) in [6, 6.07) is 9.17. The molecule has 4 heteroatoms. The van der Waals surface area contributed by atoms with Gasteiger partial charge in [-0.2, -0.15) is 0 Å². The second-order valence-corrected chi connectivity index (χ2v) is 7.07. The molecule has 1 aromatic rings. The van der Waals surface area contributed by atoms with Gasteiger partial charge in [-0.05, 0) is 49.7 Å². The van der Waals surface area contributed by atoms with Crippen molar-refractivity contribution in [3.8, 4) is 0 Å². The molecule has 23 heavy (non-hydrogen) atoms. The molecule has 4 nitrogen and oxygen atoms in total. The van der Waals surface area contributed by atoms with Gasteiger partial charge in [-0.15, -0.1) is 0 Å². The molecule has 0 radical (unpaired) electrons. The van der Waals surface area contributed by atoms with Crippen molar-refractivity contribution in [2.45, 2.75) is 45.2 Å². The minimum atomic E-state index is 0.0772. The number of hydrogen-bond acceptors (Lipinski definition) is 2. The lowest BCUT2D eigenvalue weighted by Crippen LogP contribution is -2.44. The molecule has 1 aliphatic carbocycles. The van der Waals surface area contributed by atoms with Crippen molar-refractivity contribution in [3.63, 3.8) is 0 Å². The number of amides is 2. The smallest absolute Gasteiger partial charge is 0.317 e. The predicted molar refractivity (Wildman–Crippen MR) is 93.4 cm³/mol. The minimum absolute atomic E-state index is 0.0772. The van der Waals surface area contributed by atoms with E-state index in [2.05, 4.69) is 41.4 Å². The van der Waals surface area contributed by atoms with Crippen LogP contribution in [-0.2, 0) is 13.0 Å². The molecule has 0 saturated heterocycles. The standard InChI is InChI=1S/C19H29N3O/c1-15(16-8-9-16)21(2)19(23)20-11-5-12-22-13-10-17-6-3-4-7-18(17)14-22/h3-4,6-7,15-16H,5,8-14H2,1-2H3,(H,20,23). The Labute approximate surface area is 139 Å². The molecule has 3 rings (SSSR count). The van der Waals surface area contributed by atoms with Crippen molar-refractivity contribution in [2.24, 2.45) is 5.92 Å². The third-order valence-electron chi connectivity index (χ3n) is 5.37. The Morgan fingerprint density at radius 2 is 2.09 bits per heavy atom. The Bertz CT molecular complexity index is 541. The van der Waals surface area contributed by atoms with E-state index in [1.807, 2.05) is 11.9 Å². The van der Waals surface area contributed by atoms with Crippen molar-refractivity contribution in [1.82, 2.24) is 15.1 Å². The number of carbonyl (C=O) groups is 1. The van der Waals surface area contributed by atoms with Crippen molar-refractivity contribution in [3.05, 3.63) is 35.4 Å². The zero-order valence-electron chi connectivity index (χ0n) is 14.4. The van der Waals surface area contributed by atoms with E-state index in [-0.39, 0.29) is 6.03 Å². The van der Waals surface area contributed by atoms with Crippen LogP contribution in [0.3, 0.4) is 0 Å². The van der Waals surface area contributed by atoms with Crippen molar-refractivity contribution >= 4 is 6.03 Å². The lowest BCUT2D eigenvalue weighted by molar-refractivity contribution is 0.186. The molecule has 1 fully saturated rings. The Balaban J connectivity index is 1.35. The molecule has 2 aliphatic rings. The Hall–Kier alpha value is -1.55. The van der Waals surface area contributed by atoms with Crippen molar-refractivity contribution < 1.29 is 4.79 Å². The first-order valence-electron chi connectivity index (χ1n) is 8.95. The summed E-state index contributed by atoms with van der Waals surface area (Å²) in [5.74, 6) is 0.721. The summed E-state index contributed by atoms with van der Waals surface area (Å²) in [4.78, 5) is 16.5. The van der Waals surface area contributed by atoms with E-state index in [1.165, 1.54) is 24.0 Å². The van der Waals surface area contributed by atoms with Gasteiger partial charge in [0.2, 0.25) is 0 Å². The van der Waals surface area contributed by atoms with Gasteiger partial charge in [-0.25, -0.2) is 4.79 Å². The SMILES string of the molecule is CC(C1CC1)N(C)C(=O)NCCCN1CCc2ccccc2C1. The largest absolute Gasteiger partial charge is 0.338 e. The molecular weight excluding hydrogens is 286 g/mol. The van der Waals surface area contributed by atoms with Crippen LogP contribution >= 0.6 is 0 Å². The maximum atomic E-state index is 12.1. The van der Waals surface area contributed by atoms with Crippen LogP contribution in [0.15, 0.2) is 24.3 Å². The van der Waals surface area contributed by atoms with Gasteiger partial charge in [0.05, 0.1) is 0 Å². The highest BCUT2D eigenvalue weighted by Gasteiger charge is 2.32. The normalized spacial score (nSPS) is 19.0. The first-order chi connectivity index (χ1) is 11.1. The summed E-state index contributed by atoms with van der Waals surface area (Å²) in [5, 5.41) is 3.07. The fourth-order valence-electron chi connectivity index (χ4n) is 3.45. The zero-order chi connectivity index (χ0) is 16.2. The van der Waals surface area contributed by atoms with Gasteiger partial charge in [0.25, 0.3) is 0 Å². The predicted octanol–water partition coefficient (Wildman–Crippen LogP) is 2.87. The van der Waals surface area contributed by atoms with E-state index in [1.54, 1.807) is 0 Å². The van der Waals surface area contributed by atoms with E-state index in [0.29, 0.717) is 6.04 Å². The molecule has 1 heterocycles. The third kappa shape index (κ3) is 4.25. The van der Waals surface area contributed by atoms with Crippen LogP contribution in [0.4, 0.5) is 4.79 Å². The van der Waals surface area contributed by atoms with E-state index in [4.69, 9.17) is 0 Å². The lowest BCUT2D eigenvalue weighted by atomic mass is 10.00. The van der Waals surface area contributed by atoms with Crippen LogP contribution in [-0.4, -0.2) is 48.6 Å². The van der Waals surface area contributed by atoms with Crippen LogP contribution in [0.25, 0.3) is 0 Å². The minimum Gasteiger partial charge on any atom is -0.338 e. The molecule has 1 saturated carbocycles. The molecule has 0 spiro atoms. The fourth-order valence-corrected chi connectivity index (χ4v) is 3.45. The molecule has 1 atom stereocenters. The molecular formula is C19H29N3O. The van der Waals surface area contributed by atoms with Gasteiger partial charge in [0.1, 0.15) is 0 Å². The lowest BCUT2D eigenvalue weighted by Gasteiger charge is -2.29. The average Bonchev–Trinajstić information content (AvgIpc) is 3.42. The summed E-state index contributed by atoms with van der Waals surface area (Å²) in [6.45, 7) is 6.14. The summed E-state index contributed by atoms with van der Waals surface area (Å²) in [6.07, 6.45) is 4.70. The third-order valence-corrected chi connectivity index (χ3v) is 5.37. The highest BCUT2D eigenvalue weighted by Crippen LogP contribution is 2.34. The number of fused-ring (bicyclic) bond motifs is 1. The molecule has 1 aliphatic heterocycles. The second-order valence-electron chi connectivity index (χ2n) is 7.07. The Morgan fingerprint density at radius 3 is 2.83 bits per heavy atom. The molecule has 1 unspecified atom stereocenters. The maximum Gasteiger partial charge on any atom is 0.317 e. The monoisotopic (exact) mass is 315 g/mol. The topological polar surface area (TPSA) is 35.6 Å². The van der Waals surface area contributed by atoms with Gasteiger partial charge in [0.15, 0.2) is 0 Å². The molecule has 0 aromatic heterocycles. The van der Waals surface area contributed by atoms with Gasteiger partial charge < -0.3 is 10.2 Å². The van der Waals surface area contributed by atoms with Crippen LogP contribution in [0.1, 0.15) is 37.3 Å². The summed E-state index contributed by atoms with van der Waals surface area (Å²) < 4.78 is 0. The first-order valence-corrected chi connectivity index (χ1v) is 8.95. The molecule has 126 valence electrons. The van der Waals surface area contributed by atoms with Crippen LogP contribution in [0.5, 0.6) is 0 Å². The van der Waals surface area contributed by atoms with E-state index in [9.17, 15) is 4.79 Å². The number of nitrogens with one attached hydrogen (secondary N) is 1. The number of rotatable bonds is 6. The van der Waals surface area contributed by atoms with Gasteiger partial charge in [-0.3, -0.25) is 4.90 Å². The van der Waals surface area contributed by atoms with Crippen molar-refractivity contribution in [2.75, 3.05) is 26.7 Å². The van der Waals surface area contributed by atoms with Crippen LogP contribution in [0.2, 0.25) is 0 Å². The summed E-state index contributed by atoms with van der Waals surface area (Å²) in [7, 11) is 1.92. The van der Waals surface area contributed by atoms with Crippen molar-refractivity contribution in [1.29, 1.82) is 0 Å². The highest BCUT2D eigenvalue weighted by atomic mass is 16.2. The highest BCUT2D eigenvalue weighted by molar-refractivity contribution is 5.74. The van der Waals surface area contributed by atoms with E-state index < -0.39 is 0 Å². The van der Waals surface area contributed by atoms with Gasteiger partial charge in [0, 0.05) is 39.3 Å². The quantitative estimate of drug-likeness (QED) is 0.819. The molecule has 0 bridgehead atoms. The number of benzene rings is 1. The summed E-state index contributed by atoms with van der Waals surface area (Å²) in [5.41, 5.74) is 2.95. The molecule has 1 N–H and O–H groups in total. The summed E-state index contributed by atoms with van der Waals surface area (Å²) >= 11 is 0. The van der Waals surface area contributed by atoms with E-state index >= 15 is 0 Å². The zero-order valence-corrected chi connectivity index (χ0v) is 14.4. The Morgan fingerprint density at radius 1 is 1.35 bits per heavy atom. The maximum absolute atomic E-state index is 12.1. The second kappa shape index (κ2) is 7.35. The number of hydrogen-bond donors (Lipinski definition) is 1. The number of urea groups is 1. The Kier molecular flexibility index (Phi) is 5.21. The fraction of sp³-hybridized carbons (Fsp3) is 0.632. The molecule has 2 amide bonds. The number of nitrogens with zero attached hydrogens (tertiary/aromatic N) is 2.